The second-order valence-corrected chi connectivity index (χ2v) is 6.33. The molecule has 0 fully saturated rings. The molecule has 0 aliphatic carbocycles. The van der Waals surface area contributed by atoms with Crippen molar-refractivity contribution in [2.75, 3.05) is 7.11 Å². The summed E-state index contributed by atoms with van der Waals surface area (Å²) in [5.74, 6) is 0.365. The van der Waals surface area contributed by atoms with E-state index in [0.29, 0.717) is 33.8 Å². The molecule has 3 aromatic rings. The minimum Gasteiger partial charge on any atom is -0.497 e. The molecule has 136 valence electrons. The van der Waals surface area contributed by atoms with Gasteiger partial charge in [0, 0.05) is 7.05 Å². The second-order valence-electron chi connectivity index (χ2n) is 6.33. The Labute approximate surface area is 154 Å². The molecule has 0 saturated heterocycles. The van der Waals surface area contributed by atoms with Gasteiger partial charge in [-0.3, -0.25) is 9.48 Å². The van der Waals surface area contributed by atoms with Crippen LogP contribution in [0.25, 0.3) is 11.0 Å². The maximum absolute atomic E-state index is 12.9. The number of nitriles is 1. The molecule has 8 heteroatoms. The molecule has 0 amide bonds. The molecule has 1 atom stereocenters. The van der Waals surface area contributed by atoms with Crippen LogP contribution >= 0.6 is 0 Å². The number of aromatic amines is 1. The molecule has 1 aliphatic heterocycles. The van der Waals surface area contributed by atoms with Crippen LogP contribution in [0.15, 0.2) is 40.5 Å². The van der Waals surface area contributed by atoms with Gasteiger partial charge in [0.15, 0.2) is 5.75 Å². The molecule has 1 aliphatic rings. The second kappa shape index (κ2) is 5.92. The van der Waals surface area contributed by atoms with Gasteiger partial charge in [0.1, 0.15) is 23.0 Å². The van der Waals surface area contributed by atoms with E-state index in [4.69, 9.17) is 15.2 Å². The summed E-state index contributed by atoms with van der Waals surface area (Å²) in [5.41, 5.74) is 8.22. The highest BCUT2D eigenvalue weighted by Gasteiger charge is 2.35. The average molecular weight is 363 g/mol. The van der Waals surface area contributed by atoms with Crippen molar-refractivity contribution in [2.45, 2.75) is 12.8 Å². The van der Waals surface area contributed by atoms with Crippen LogP contribution in [0.3, 0.4) is 0 Å². The number of nitrogens with two attached hydrogens (primary N) is 1. The molecule has 3 N–H and O–H groups in total. The Bertz CT molecular complexity index is 1200. The summed E-state index contributed by atoms with van der Waals surface area (Å²) >= 11 is 0. The molecule has 1 aromatic carbocycles. The van der Waals surface area contributed by atoms with Crippen molar-refractivity contribution in [3.05, 3.63) is 62.9 Å². The van der Waals surface area contributed by atoms with E-state index >= 15 is 0 Å². The smallest absolute Gasteiger partial charge is 0.257 e. The Balaban J connectivity index is 2.06. The number of aryl methyl sites for hydroxylation is 2. The number of rotatable bonds is 2. The first kappa shape index (κ1) is 16.7. The van der Waals surface area contributed by atoms with Gasteiger partial charge in [-0.2, -0.15) is 10.4 Å². The highest BCUT2D eigenvalue weighted by Crippen LogP contribution is 2.43. The summed E-state index contributed by atoms with van der Waals surface area (Å²) < 4.78 is 12.5. The number of aromatic nitrogens is 3. The summed E-state index contributed by atoms with van der Waals surface area (Å²) in [6, 6.07) is 9.26. The van der Waals surface area contributed by atoms with E-state index in [-0.39, 0.29) is 17.0 Å². The fourth-order valence-electron chi connectivity index (χ4n) is 3.56. The maximum atomic E-state index is 12.9. The zero-order chi connectivity index (χ0) is 19.3. The molecule has 0 spiro atoms. The van der Waals surface area contributed by atoms with Crippen LogP contribution in [-0.2, 0) is 7.05 Å². The number of ether oxygens (including phenoxy) is 2. The lowest BCUT2D eigenvalue weighted by molar-refractivity contribution is 0.396. The predicted octanol–water partition coefficient (Wildman–Crippen LogP) is 1.80. The van der Waals surface area contributed by atoms with Gasteiger partial charge in [-0.1, -0.05) is 12.1 Å². The fraction of sp³-hybridized carbons (Fsp3) is 0.211. The summed E-state index contributed by atoms with van der Waals surface area (Å²) in [4.78, 5) is 15.8. The van der Waals surface area contributed by atoms with Crippen molar-refractivity contribution in [3.63, 3.8) is 0 Å². The number of allylic oxidation sites excluding steroid dienone is 1. The monoisotopic (exact) mass is 363 g/mol. The lowest BCUT2D eigenvalue weighted by Crippen LogP contribution is -2.28. The SMILES string of the molecule is COc1ccc(C2C(C#N)=C(N)Oc3c2c(=O)[nH]c2c3c(C)nn2C)cc1. The Morgan fingerprint density at radius 3 is 2.70 bits per heavy atom. The highest BCUT2D eigenvalue weighted by molar-refractivity contribution is 5.87. The lowest BCUT2D eigenvalue weighted by Gasteiger charge is -2.26. The fourth-order valence-corrected chi connectivity index (χ4v) is 3.56. The molecular formula is C19H17N5O3. The van der Waals surface area contributed by atoms with Crippen LogP contribution in [0.5, 0.6) is 11.5 Å². The van der Waals surface area contributed by atoms with E-state index in [0.717, 1.165) is 5.56 Å². The number of pyridine rings is 1. The van der Waals surface area contributed by atoms with Crippen molar-refractivity contribution in [1.82, 2.24) is 14.8 Å². The summed E-state index contributed by atoms with van der Waals surface area (Å²) in [6.45, 7) is 1.83. The molecule has 27 heavy (non-hydrogen) atoms. The first-order valence-electron chi connectivity index (χ1n) is 8.27. The summed E-state index contributed by atoms with van der Waals surface area (Å²) in [5, 5.41) is 14.7. The zero-order valence-corrected chi connectivity index (χ0v) is 15.0. The Morgan fingerprint density at radius 2 is 2.07 bits per heavy atom. The minimum absolute atomic E-state index is 0.0130. The molecule has 0 bridgehead atoms. The van der Waals surface area contributed by atoms with Crippen LogP contribution in [0.4, 0.5) is 0 Å². The predicted molar refractivity (Wildman–Crippen MR) is 98.4 cm³/mol. The number of hydrogen-bond acceptors (Lipinski definition) is 6. The number of H-pyrrole nitrogens is 1. The van der Waals surface area contributed by atoms with Gasteiger partial charge in [0.2, 0.25) is 5.88 Å². The number of nitrogens with one attached hydrogen (secondary N) is 1. The van der Waals surface area contributed by atoms with Crippen LogP contribution in [0, 0.1) is 18.3 Å². The molecule has 3 heterocycles. The first-order valence-corrected chi connectivity index (χ1v) is 8.27. The van der Waals surface area contributed by atoms with Crippen LogP contribution in [0.2, 0.25) is 0 Å². The first-order chi connectivity index (χ1) is 13.0. The van der Waals surface area contributed by atoms with Gasteiger partial charge in [-0.05, 0) is 24.6 Å². The third-order valence-corrected chi connectivity index (χ3v) is 4.79. The quantitative estimate of drug-likeness (QED) is 0.716. The van der Waals surface area contributed by atoms with Crippen molar-refractivity contribution in [2.24, 2.45) is 12.8 Å². The van der Waals surface area contributed by atoms with Crippen LogP contribution in [0.1, 0.15) is 22.7 Å². The number of hydrogen-bond donors (Lipinski definition) is 2. The van der Waals surface area contributed by atoms with Crippen molar-refractivity contribution in [1.29, 1.82) is 5.26 Å². The average Bonchev–Trinajstić information content (AvgIpc) is 2.94. The van der Waals surface area contributed by atoms with Crippen molar-refractivity contribution >= 4 is 11.0 Å². The van der Waals surface area contributed by atoms with E-state index in [1.807, 2.05) is 19.1 Å². The largest absolute Gasteiger partial charge is 0.497 e. The Hall–Kier alpha value is -3.73. The summed E-state index contributed by atoms with van der Waals surface area (Å²) in [7, 11) is 3.31. The van der Waals surface area contributed by atoms with E-state index in [9.17, 15) is 10.1 Å². The molecule has 1 unspecified atom stereocenters. The van der Waals surface area contributed by atoms with Gasteiger partial charge < -0.3 is 20.2 Å². The van der Waals surface area contributed by atoms with Crippen molar-refractivity contribution < 1.29 is 9.47 Å². The van der Waals surface area contributed by atoms with Crippen LogP contribution in [-0.4, -0.2) is 21.9 Å². The Kier molecular flexibility index (Phi) is 3.66. The number of benzene rings is 1. The van der Waals surface area contributed by atoms with E-state index in [2.05, 4.69) is 16.2 Å². The van der Waals surface area contributed by atoms with E-state index in [1.165, 1.54) is 0 Å². The third-order valence-electron chi connectivity index (χ3n) is 4.79. The van der Waals surface area contributed by atoms with Crippen LogP contribution < -0.4 is 20.8 Å². The Morgan fingerprint density at radius 1 is 1.37 bits per heavy atom. The standard InChI is InChI=1S/C19H17N5O3/c1-9-13-16-15(19(25)22-18(13)24(2)23-9)14(12(8-20)17(21)27-16)10-4-6-11(26-3)7-5-10/h4-7,14H,21H2,1-3H3,(H,22,25). The molecule has 0 radical (unpaired) electrons. The number of methoxy groups -OCH3 is 1. The molecule has 0 saturated carbocycles. The molecule has 2 aromatic heterocycles. The third kappa shape index (κ3) is 2.36. The van der Waals surface area contributed by atoms with Gasteiger partial charge in [-0.25, -0.2) is 0 Å². The normalized spacial score (nSPS) is 16.0. The van der Waals surface area contributed by atoms with E-state index < -0.39 is 5.92 Å². The van der Waals surface area contributed by atoms with Gasteiger partial charge in [0.25, 0.3) is 5.56 Å². The lowest BCUT2D eigenvalue weighted by atomic mass is 9.83. The number of fused-ring (bicyclic) bond motifs is 3. The maximum Gasteiger partial charge on any atom is 0.257 e. The van der Waals surface area contributed by atoms with Gasteiger partial charge in [0.05, 0.1) is 29.7 Å². The topological polar surface area (TPSA) is 119 Å². The van der Waals surface area contributed by atoms with E-state index in [1.54, 1.807) is 31.0 Å². The molecule has 8 nitrogen and oxygen atoms in total. The minimum atomic E-state index is -0.641. The highest BCUT2D eigenvalue weighted by atomic mass is 16.5. The summed E-state index contributed by atoms with van der Waals surface area (Å²) in [6.07, 6.45) is 0. The van der Waals surface area contributed by atoms with Gasteiger partial charge >= 0.3 is 0 Å². The molecule has 4 rings (SSSR count). The number of nitrogens with zero attached hydrogens (tertiary/aromatic N) is 3. The zero-order valence-electron chi connectivity index (χ0n) is 15.0. The van der Waals surface area contributed by atoms with Crippen molar-refractivity contribution in [3.8, 4) is 17.6 Å². The molecular weight excluding hydrogens is 346 g/mol. The van der Waals surface area contributed by atoms with Gasteiger partial charge in [-0.15, -0.1) is 0 Å².